The Hall–Kier alpha value is -0.340. The lowest BCUT2D eigenvalue weighted by molar-refractivity contribution is -0.0801. The van der Waals surface area contributed by atoms with Crippen LogP contribution in [0.3, 0.4) is 0 Å². The van der Waals surface area contributed by atoms with Crippen LogP contribution in [-0.2, 0) is 4.74 Å². The van der Waals surface area contributed by atoms with Crippen LogP contribution in [0.2, 0.25) is 0 Å². The maximum atomic E-state index is 8.92. The molecule has 11 heavy (non-hydrogen) atoms. The summed E-state index contributed by atoms with van der Waals surface area (Å²) in [6.07, 6.45) is 4.16. The molecule has 0 unspecified atom stereocenters. The molecule has 0 aromatic heterocycles. The molecule has 1 N–H and O–H groups in total. The lowest BCUT2D eigenvalue weighted by atomic mass is 9.94. The monoisotopic (exact) mass is 156 g/mol. The molecule has 0 bridgehead atoms. The van der Waals surface area contributed by atoms with Gasteiger partial charge in [-0.1, -0.05) is 13.0 Å². The summed E-state index contributed by atoms with van der Waals surface area (Å²) in [4.78, 5) is 0. The highest BCUT2D eigenvalue weighted by Gasteiger charge is 2.25. The maximum Gasteiger partial charge on any atom is 0.0839 e. The molecule has 1 fully saturated rings. The molecule has 2 heteroatoms. The van der Waals surface area contributed by atoms with Gasteiger partial charge in [-0.2, -0.15) is 0 Å². The molecule has 1 rings (SSSR count). The Morgan fingerprint density at radius 2 is 2.36 bits per heavy atom. The lowest BCUT2D eigenvalue weighted by Crippen LogP contribution is -2.35. The molecular weight excluding hydrogens is 140 g/mol. The average Bonchev–Trinajstić information content (AvgIpc) is 2.05. The van der Waals surface area contributed by atoms with Crippen molar-refractivity contribution in [3.63, 3.8) is 0 Å². The van der Waals surface area contributed by atoms with E-state index in [2.05, 4.69) is 13.5 Å². The third kappa shape index (κ3) is 2.04. The zero-order valence-electron chi connectivity index (χ0n) is 6.99. The van der Waals surface area contributed by atoms with Gasteiger partial charge in [-0.05, 0) is 18.8 Å². The number of aliphatic hydroxyl groups is 1. The second-order valence-corrected chi connectivity index (χ2v) is 3.19. The van der Waals surface area contributed by atoms with Gasteiger partial charge in [0.05, 0.1) is 18.8 Å². The van der Waals surface area contributed by atoms with Crippen LogP contribution in [-0.4, -0.2) is 23.9 Å². The maximum absolute atomic E-state index is 8.92. The fraction of sp³-hybridized carbons (Fsp3) is 0.778. The van der Waals surface area contributed by atoms with Gasteiger partial charge in [0.25, 0.3) is 0 Å². The molecule has 0 aromatic carbocycles. The van der Waals surface area contributed by atoms with E-state index in [1.807, 2.05) is 6.08 Å². The third-order valence-corrected chi connectivity index (χ3v) is 2.33. The van der Waals surface area contributed by atoms with Gasteiger partial charge in [0.15, 0.2) is 0 Å². The number of hydrogen-bond acceptors (Lipinski definition) is 2. The summed E-state index contributed by atoms with van der Waals surface area (Å²) in [5.41, 5.74) is 0. The molecule has 1 aliphatic heterocycles. The van der Waals surface area contributed by atoms with Gasteiger partial charge >= 0.3 is 0 Å². The summed E-state index contributed by atoms with van der Waals surface area (Å²) in [5, 5.41) is 8.92. The second kappa shape index (κ2) is 3.88. The van der Waals surface area contributed by atoms with Crippen molar-refractivity contribution in [1.29, 1.82) is 0 Å². The minimum Gasteiger partial charge on any atom is -0.394 e. The Kier molecular flexibility index (Phi) is 3.09. The van der Waals surface area contributed by atoms with E-state index in [0.717, 1.165) is 12.8 Å². The van der Waals surface area contributed by atoms with Crippen LogP contribution in [0, 0.1) is 5.92 Å². The molecule has 3 atom stereocenters. The van der Waals surface area contributed by atoms with Crippen LogP contribution in [0.15, 0.2) is 12.7 Å². The van der Waals surface area contributed by atoms with Crippen LogP contribution in [0.5, 0.6) is 0 Å². The summed E-state index contributed by atoms with van der Waals surface area (Å²) in [5.74, 6) is 0.483. The molecule has 0 amide bonds. The number of ether oxygens (including phenoxy) is 1. The Bertz CT molecular complexity index is 134. The van der Waals surface area contributed by atoms with Crippen molar-refractivity contribution >= 4 is 0 Å². The van der Waals surface area contributed by atoms with Crippen LogP contribution in [0.4, 0.5) is 0 Å². The summed E-state index contributed by atoms with van der Waals surface area (Å²) in [6, 6.07) is 0. The Balaban J connectivity index is 2.43. The first kappa shape index (κ1) is 8.75. The zero-order chi connectivity index (χ0) is 8.27. The highest BCUT2D eigenvalue weighted by atomic mass is 16.5. The van der Waals surface area contributed by atoms with Crippen LogP contribution in [0.1, 0.15) is 19.8 Å². The predicted molar refractivity (Wildman–Crippen MR) is 44.3 cm³/mol. The summed E-state index contributed by atoms with van der Waals surface area (Å²) >= 11 is 0. The van der Waals surface area contributed by atoms with Crippen molar-refractivity contribution in [2.24, 2.45) is 5.92 Å². The number of hydrogen-bond donors (Lipinski definition) is 1. The predicted octanol–water partition coefficient (Wildman–Crippen LogP) is 1.35. The minimum absolute atomic E-state index is 0.0201. The third-order valence-electron chi connectivity index (χ3n) is 2.33. The molecule has 64 valence electrons. The molecule has 0 spiro atoms. The van der Waals surface area contributed by atoms with E-state index in [0.29, 0.717) is 5.92 Å². The van der Waals surface area contributed by atoms with Gasteiger partial charge < -0.3 is 9.84 Å². The highest BCUT2D eigenvalue weighted by molar-refractivity contribution is 4.86. The molecule has 0 saturated carbocycles. The number of aliphatic hydroxyl groups excluding tert-OH is 1. The average molecular weight is 156 g/mol. The Morgan fingerprint density at radius 1 is 1.64 bits per heavy atom. The molecule has 0 radical (unpaired) electrons. The van der Waals surface area contributed by atoms with Crippen molar-refractivity contribution in [1.82, 2.24) is 0 Å². The quantitative estimate of drug-likeness (QED) is 0.611. The lowest BCUT2D eigenvalue weighted by Gasteiger charge is -2.32. The van der Waals surface area contributed by atoms with E-state index in [1.165, 1.54) is 0 Å². The molecule has 0 aromatic rings. The van der Waals surface area contributed by atoms with Crippen molar-refractivity contribution in [2.75, 3.05) is 6.61 Å². The van der Waals surface area contributed by atoms with E-state index in [4.69, 9.17) is 9.84 Å². The van der Waals surface area contributed by atoms with Crippen LogP contribution in [0.25, 0.3) is 0 Å². The summed E-state index contributed by atoms with van der Waals surface area (Å²) in [7, 11) is 0. The second-order valence-electron chi connectivity index (χ2n) is 3.19. The summed E-state index contributed by atoms with van der Waals surface area (Å²) < 4.78 is 5.53. The highest BCUT2D eigenvalue weighted by Crippen LogP contribution is 2.24. The molecule has 1 saturated heterocycles. The van der Waals surface area contributed by atoms with Crippen molar-refractivity contribution in [3.8, 4) is 0 Å². The summed E-state index contributed by atoms with van der Waals surface area (Å²) in [6.45, 7) is 5.91. The number of rotatable bonds is 2. The fourth-order valence-electron chi connectivity index (χ4n) is 1.44. The van der Waals surface area contributed by atoms with Gasteiger partial charge in [-0.15, -0.1) is 6.58 Å². The van der Waals surface area contributed by atoms with Gasteiger partial charge in [-0.3, -0.25) is 0 Å². The zero-order valence-corrected chi connectivity index (χ0v) is 6.99. The van der Waals surface area contributed by atoms with Crippen LogP contribution >= 0.6 is 0 Å². The van der Waals surface area contributed by atoms with E-state index in [9.17, 15) is 0 Å². The van der Waals surface area contributed by atoms with E-state index >= 15 is 0 Å². The first-order chi connectivity index (χ1) is 5.27. The van der Waals surface area contributed by atoms with Gasteiger partial charge in [0.2, 0.25) is 0 Å². The normalized spacial score (nSPS) is 38.5. The molecule has 0 aliphatic carbocycles. The molecule has 1 heterocycles. The van der Waals surface area contributed by atoms with Gasteiger partial charge in [-0.25, -0.2) is 0 Å². The Labute approximate surface area is 67.9 Å². The minimum atomic E-state index is 0.0201. The first-order valence-electron chi connectivity index (χ1n) is 4.16. The van der Waals surface area contributed by atoms with Crippen LogP contribution < -0.4 is 0 Å². The van der Waals surface area contributed by atoms with Gasteiger partial charge in [0, 0.05) is 0 Å². The Morgan fingerprint density at radius 3 is 2.91 bits per heavy atom. The topological polar surface area (TPSA) is 29.5 Å². The largest absolute Gasteiger partial charge is 0.394 e. The smallest absolute Gasteiger partial charge is 0.0839 e. The molecule has 1 aliphatic rings. The van der Waals surface area contributed by atoms with Gasteiger partial charge in [0.1, 0.15) is 0 Å². The molecule has 2 nitrogen and oxygen atoms in total. The van der Waals surface area contributed by atoms with Crippen molar-refractivity contribution < 1.29 is 9.84 Å². The fourth-order valence-corrected chi connectivity index (χ4v) is 1.44. The van der Waals surface area contributed by atoms with E-state index < -0.39 is 0 Å². The first-order valence-corrected chi connectivity index (χ1v) is 4.16. The van der Waals surface area contributed by atoms with Crippen molar-refractivity contribution in [3.05, 3.63) is 12.7 Å². The standard InChI is InChI=1S/C9H16O2/c1-3-8-5-4-7(2)9(6-10)11-8/h3,7-10H,1,4-6H2,2H3/t7-,8-,9+/m0/s1. The van der Waals surface area contributed by atoms with E-state index in [1.54, 1.807) is 0 Å². The SMILES string of the molecule is C=C[C@H]1CC[C@H](C)[C@@H](CO)O1. The van der Waals surface area contributed by atoms with Crippen molar-refractivity contribution in [2.45, 2.75) is 32.0 Å². The van der Waals surface area contributed by atoms with E-state index in [-0.39, 0.29) is 18.8 Å². The molecular formula is C9H16O2.